The molecule has 21 heavy (non-hydrogen) atoms. The molecule has 1 saturated heterocycles. The van der Waals surface area contributed by atoms with Crippen LogP contribution in [-0.4, -0.2) is 29.5 Å². The van der Waals surface area contributed by atoms with E-state index in [-0.39, 0.29) is 0 Å². The van der Waals surface area contributed by atoms with Gasteiger partial charge in [-0.15, -0.1) is 0 Å². The standard InChI is InChI=1S/C19H31NS/c1-19(2,3)13-18(21-4)17-11-8-12-20(15-17)14-16-9-6-5-7-10-16/h5-7,9-10,17-18H,8,11-15H2,1-4H3. The van der Waals surface area contributed by atoms with E-state index < -0.39 is 0 Å². The molecule has 0 N–H and O–H groups in total. The number of likely N-dealkylation sites (tertiary alicyclic amines) is 1. The maximum absolute atomic E-state index is 2.66. The summed E-state index contributed by atoms with van der Waals surface area (Å²) in [6, 6.07) is 10.9. The van der Waals surface area contributed by atoms with Crippen molar-refractivity contribution in [1.82, 2.24) is 4.90 Å². The Bertz CT molecular complexity index is 409. The molecule has 0 saturated carbocycles. The molecule has 118 valence electrons. The fraction of sp³-hybridized carbons (Fsp3) is 0.684. The van der Waals surface area contributed by atoms with Gasteiger partial charge in [-0.25, -0.2) is 0 Å². The molecule has 0 aliphatic carbocycles. The van der Waals surface area contributed by atoms with Gasteiger partial charge in [0.05, 0.1) is 0 Å². The first-order valence-corrected chi connectivity index (χ1v) is 9.56. The third-order valence-corrected chi connectivity index (χ3v) is 5.59. The summed E-state index contributed by atoms with van der Waals surface area (Å²) >= 11 is 2.08. The molecule has 1 aliphatic heterocycles. The molecule has 0 spiro atoms. The number of hydrogen-bond acceptors (Lipinski definition) is 2. The largest absolute Gasteiger partial charge is 0.299 e. The summed E-state index contributed by atoms with van der Waals surface area (Å²) in [5.74, 6) is 0.858. The Hall–Kier alpha value is -0.470. The first-order chi connectivity index (χ1) is 9.98. The average molecular weight is 306 g/mol. The summed E-state index contributed by atoms with van der Waals surface area (Å²) in [4.78, 5) is 2.66. The van der Waals surface area contributed by atoms with Crippen molar-refractivity contribution in [1.29, 1.82) is 0 Å². The van der Waals surface area contributed by atoms with Crippen LogP contribution in [0.25, 0.3) is 0 Å². The lowest BCUT2D eigenvalue weighted by atomic mass is 9.83. The highest BCUT2D eigenvalue weighted by atomic mass is 32.2. The molecule has 1 aromatic carbocycles. The van der Waals surface area contributed by atoms with E-state index in [4.69, 9.17) is 0 Å². The lowest BCUT2D eigenvalue weighted by Gasteiger charge is -2.38. The first kappa shape index (κ1) is 16.9. The fourth-order valence-corrected chi connectivity index (χ4v) is 4.70. The summed E-state index contributed by atoms with van der Waals surface area (Å²) in [6.07, 6.45) is 6.40. The van der Waals surface area contributed by atoms with Crippen LogP contribution >= 0.6 is 11.8 Å². The van der Waals surface area contributed by atoms with Gasteiger partial charge in [-0.1, -0.05) is 51.1 Å². The highest BCUT2D eigenvalue weighted by Crippen LogP contribution is 2.35. The molecular formula is C19H31NS. The van der Waals surface area contributed by atoms with E-state index >= 15 is 0 Å². The Balaban J connectivity index is 1.93. The third-order valence-electron chi connectivity index (χ3n) is 4.43. The summed E-state index contributed by atoms with van der Waals surface area (Å²) in [6.45, 7) is 10.8. The molecule has 2 heteroatoms. The highest BCUT2D eigenvalue weighted by Gasteiger charge is 2.29. The number of benzene rings is 1. The fourth-order valence-electron chi connectivity index (χ4n) is 3.43. The van der Waals surface area contributed by atoms with E-state index in [0.717, 1.165) is 17.7 Å². The Morgan fingerprint density at radius 1 is 1.24 bits per heavy atom. The maximum atomic E-state index is 2.66. The third kappa shape index (κ3) is 5.67. The first-order valence-electron chi connectivity index (χ1n) is 8.27. The number of piperidine rings is 1. The van der Waals surface area contributed by atoms with Gasteiger partial charge in [0.1, 0.15) is 0 Å². The van der Waals surface area contributed by atoms with Gasteiger partial charge in [-0.05, 0) is 49.0 Å². The molecule has 1 nitrogen and oxygen atoms in total. The second-order valence-corrected chi connectivity index (χ2v) is 8.74. The lowest BCUT2D eigenvalue weighted by molar-refractivity contribution is 0.155. The van der Waals surface area contributed by atoms with Crippen LogP contribution in [0.1, 0.15) is 45.6 Å². The number of thioether (sulfide) groups is 1. The Morgan fingerprint density at radius 2 is 1.95 bits per heavy atom. The molecule has 1 heterocycles. The summed E-state index contributed by atoms with van der Waals surface area (Å²) in [7, 11) is 0. The predicted octanol–water partition coefficient (Wildman–Crippen LogP) is 5.07. The second kappa shape index (κ2) is 7.69. The maximum Gasteiger partial charge on any atom is 0.0233 e. The van der Waals surface area contributed by atoms with Crippen LogP contribution in [0.4, 0.5) is 0 Å². The summed E-state index contributed by atoms with van der Waals surface area (Å²) in [5, 5.41) is 0.809. The van der Waals surface area contributed by atoms with Crippen LogP contribution in [0, 0.1) is 11.3 Å². The van der Waals surface area contributed by atoms with Crippen molar-refractivity contribution in [3.8, 4) is 0 Å². The zero-order chi connectivity index (χ0) is 15.3. The molecule has 2 unspecified atom stereocenters. The zero-order valence-corrected chi connectivity index (χ0v) is 15.0. The van der Waals surface area contributed by atoms with E-state index in [9.17, 15) is 0 Å². The van der Waals surface area contributed by atoms with Crippen molar-refractivity contribution in [2.45, 2.75) is 51.8 Å². The van der Waals surface area contributed by atoms with E-state index in [2.05, 4.69) is 74.0 Å². The van der Waals surface area contributed by atoms with Crippen LogP contribution in [-0.2, 0) is 6.54 Å². The molecule has 2 rings (SSSR count). The van der Waals surface area contributed by atoms with Crippen LogP contribution < -0.4 is 0 Å². The molecule has 0 bridgehead atoms. The number of rotatable bonds is 5. The molecule has 1 aliphatic rings. The summed E-state index contributed by atoms with van der Waals surface area (Å²) < 4.78 is 0. The minimum Gasteiger partial charge on any atom is -0.299 e. The van der Waals surface area contributed by atoms with Crippen molar-refractivity contribution >= 4 is 11.8 Å². The van der Waals surface area contributed by atoms with Gasteiger partial charge in [-0.2, -0.15) is 11.8 Å². The van der Waals surface area contributed by atoms with Gasteiger partial charge < -0.3 is 0 Å². The smallest absolute Gasteiger partial charge is 0.0233 e. The second-order valence-electron chi connectivity index (χ2n) is 7.66. The van der Waals surface area contributed by atoms with Gasteiger partial charge in [0, 0.05) is 18.3 Å². The van der Waals surface area contributed by atoms with Crippen molar-refractivity contribution in [3.63, 3.8) is 0 Å². The quantitative estimate of drug-likeness (QED) is 0.747. The Morgan fingerprint density at radius 3 is 2.57 bits per heavy atom. The van der Waals surface area contributed by atoms with E-state index in [1.807, 2.05) is 0 Å². The predicted molar refractivity (Wildman–Crippen MR) is 95.8 cm³/mol. The topological polar surface area (TPSA) is 3.24 Å². The minimum absolute atomic E-state index is 0.440. The van der Waals surface area contributed by atoms with E-state index in [1.165, 1.54) is 37.9 Å². The monoisotopic (exact) mass is 305 g/mol. The Kier molecular flexibility index (Phi) is 6.19. The van der Waals surface area contributed by atoms with Crippen LogP contribution in [0.2, 0.25) is 0 Å². The molecular weight excluding hydrogens is 274 g/mol. The van der Waals surface area contributed by atoms with Crippen molar-refractivity contribution in [2.75, 3.05) is 19.3 Å². The van der Waals surface area contributed by atoms with Gasteiger partial charge in [0.15, 0.2) is 0 Å². The van der Waals surface area contributed by atoms with E-state index in [1.54, 1.807) is 0 Å². The van der Waals surface area contributed by atoms with Crippen molar-refractivity contribution in [3.05, 3.63) is 35.9 Å². The van der Waals surface area contributed by atoms with Gasteiger partial charge >= 0.3 is 0 Å². The van der Waals surface area contributed by atoms with Crippen LogP contribution in [0.5, 0.6) is 0 Å². The lowest BCUT2D eigenvalue weighted by Crippen LogP contribution is -2.40. The zero-order valence-electron chi connectivity index (χ0n) is 14.1. The summed E-state index contributed by atoms with van der Waals surface area (Å²) in [5.41, 5.74) is 1.89. The minimum atomic E-state index is 0.440. The van der Waals surface area contributed by atoms with Crippen molar-refractivity contribution in [2.24, 2.45) is 11.3 Å². The number of nitrogens with zero attached hydrogens (tertiary/aromatic N) is 1. The van der Waals surface area contributed by atoms with Crippen LogP contribution in [0.15, 0.2) is 30.3 Å². The van der Waals surface area contributed by atoms with Crippen molar-refractivity contribution < 1.29 is 0 Å². The molecule has 0 radical (unpaired) electrons. The molecule has 1 fully saturated rings. The van der Waals surface area contributed by atoms with Gasteiger partial charge in [0.2, 0.25) is 0 Å². The van der Waals surface area contributed by atoms with Gasteiger partial charge in [-0.3, -0.25) is 4.90 Å². The normalized spacial score (nSPS) is 22.2. The van der Waals surface area contributed by atoms with Crippen LogP contribution in [0.3, 0.4) is 0 Å². The number of hydrogen-bond donors (Lipinski definition) is 0. The Labute approximate surface area is 135 Å². The SMILES string of the molecule is CSC(CC(C)(C)C)C1CCCN(Cc2ccccc2)C1. The molecule has 1 aromatic rings. The average Bonchev–Trinajstić information content (AvgIpc) is 2.45. The highest BCUT2D eigenvalue weighted by molar-refractivity contribution is 7.99. The molecule has 2 atom stereocenters. The van der Waals surface area contributed by atoms with Gasteiger partial charge in [0.25, 0.3) is 0 Å². The van der Waals surface area contributed by atoms with E-state index in [0.29, 0.717) is 5.41 Å². The molecule has 0 aromatic heterocycles. The molecule has 0 amide bonds.